The Bertz CT molecular complexity index is 975. The lowest BCUT2D eigenvalue weighted by Gasteiger charge is -2.20. The zero-order valence-corrected chi connectivity index (χ0v) is 18.1. The second-order valence-electron chi connectivity index (χ2n) is 8.46. The molecule has 32 heavy (non-hydrogen) atoms. The van der Waals surface area contributed by atoms with Crippen LogP contribution in [0.4, 0.5) is 4.79 Å². The van der Waals surface area contributed by atoms with Gasteiger partial charge < -0.3 is 20.1 Å². The average molecular weight is 437 g/mol. The Morgan fingerprint density at radius 3 is 2.28 bits per heavy atom. The molecule has 0 unspecified atom stereocenters. The molecule has 7 nitrogen and oxygen atoms in total. The van der Waals surface area contributed by atoms with Crippen LogP contribution in [0.1, 0.15) is 36.8 Å². The first-order chi connectivity index (χ1) is 15.5. The van der Waals surface area contributed by atoms with E-state index >= 15 is 0 Å². The Morgan fingerprint density at radius 2 is 1.69 bits per heavy atom. The number of hydrogen-bond acceptors (Lipinski definition) is 4. The van der Waals surface area contributed by atoms with Crippen LogP contribution in [0.2, 0.25) is 0 Å². The van der Waals surface area contributed by atoms with Gasteiger partial charge in [0, 0.05) is 24.9 Å². The van der Waals surface area contributed by atoms with Crippen molar-refractivity contribution in [2.24, 2.45) is 11.8 Å². The smallest absolute Gasteiger partial charge is 0.407 e. The van der Waals surface area contributed by atoms with Crippen molar-refractivity contribution in [2.45, 2.75) is 25.7 Å². The van der Waals surface area contributed by atoms with Crippen LogP contribution in [0.25, 0.3) is 11.1 Å². The Balaban J connectivity index is 1.27. The predicted octanol–water partition coefficient (Wildman–Crippen LogP) is 3.48. The minimum absolute atomic E-state index is 0.00187. The van der Waals surface area contributed by atoms with Gasteiger partial charge in [-0.2, -0.15) is 0 Å². The van der Waals surface area contributed by atoms with Crippen molar-refractivity contribution in [3.63, 3.8) is 0 Å². The molecule has 0 radical (unpaired) electrons. The van der Waals surface area contributed by atoms with E-state index in [0.29, 0.717) is 25.9 Å². The molecule has 7 heteroatoms. The number of nitrogens with one attached hydrogen (secondary N) is 1. The lowest BCUT2D eigenvalue weighted by atomic mass is 9.98. The second kappa shape index (κ2) is 9.42. The molecule has 0 bridgehead atoms. The summed E-state index contributed by atoms with van der Waals surface area (Å²) in [5.74, 6) is -1.36. The number of ether oxygens (including phenoxy) is 1. The van der Waals surface area contributed by atoms with Crippen LogP contribution in [0.3, 0.4) is 0 Å². The van der Waals surface area contributed by atoms with Crippen molar-refractivity contribution in [3.05, 3.63) is 59.7 Å². The number of benzene rings is 2. The van der Waals surface area contributed by atoms with Gasteiger partial charge in [-0.1, -0.05) is 55.5 Å². The van der Waals surface area contributed by atoms with Gasteiger partial charge in [-0.3, -0.25) is 9.59 Å². The van der Waals surface area contributed by atoms with Crippen LogP contribution in [0, 0.1) is 11.8 Å². The Hall–Kier alpha value is -3.35. The molecule has 0 spiro atoms. The van der Waals surface area contributed by atoms with Crippen molar-refractivity contribution in [1.82, 2.24) is 10.2 Å². The molecule has 2 amide bonds. The van der Waals surface area contributed by atoms with Crippen LogP contribution in [-0.4, -0.2) is 54.2 Å². The van der Waals surface area contributed by atoms with Crippen LogP contribution < -0.4 is 5.32 Å². The molecule has 4 rings (SSSR count). The summed E-state index contributed by atoms with van der Waals surface area (Å²) in [4.78, 5) is 37.2. The minimum Gasteiger partial charge on any atom is -0.480 e. The van der Waals surface area contributed by atoms with Crippen molar-refractivity contribution < 1.29 is 24.2 Å². The molecule has 1 saturated carbocycles. The molecule has 1 fully saturated rings. The number of carbonyl (C=O) groups excluding carboxylic acids is 2. The molecule has 2 aromatic rings. The van der Waals surface area contributed by atoms with E-state index in [-0.39, 0.29) is 36.8 Å². The highest BCUT2D eigenvalue weighted by Crippen LogP contribution is 2.44. The molecule has 2 atom stereocenters. The van der Waals surface area contributed by atoms with E-state index in [4.69, 9.17) is 9.84 Å². The van der Waals surface area contributed by atoms with Gasteiger partial charge in [0.1, 0.15) is 13.2 Å². The standard InChI is InChI=1S/C25H28N2O5/c1-2-11-27(14-23(28)29)24(30)21-12-16(21)13-26-25(31)32-15-22-19-9-5-3-7-17(19)18-8-4-6-10-20(18)22/h3-10,16,21-22H,2,11-15H2,1H3,(H,26,31)(H,28,29)/t16-,21-/m1/s1. The number of fused-ring (bicyclic) bond motifs is 3. The van der Waals surface area contributed by atoms with E-state index in [0.717, 1.165) is 11.1 Å². The van der Waals surface area contributed by atoms with E-state index in [1.807, 2.05) is 31.2 Å². The number of hydrogen-bond donors (Lipinski definition) is 2. The number of carboxylic acids is 1. The highest BCUT2D eigenvalue weighted by Gasteiger charge is 2.45. The zero-order valence-electron chi connectivity index (χ0n) is 18.1. The van der Waals surface area contributed by atoms with Gasteiger partial charge in [0.05, 0.1) is 0 Å². The topological polar surface area (TPSA) is 95.9 Å². The van der Waals surface area contributed by atoms with E-state index in [1.54, 1.807) is 0 Å². The van der Waals surface area contributed by atoms with E-state index < -0.39 is 12.1 Å². The summed E-state index contributed by atoms with van der Waals surface area (Å²) in [6.07, 6.45) is 0.859. The normalized spacial score (nSPS) is 18.4. The molecular weight excluding hydrogens is 408 g/mol. The molecular formula is C25H28N2O5. The SMILES string of the molecule is CCCN(CC(=O)O)C(=O)[C@@H]1C[C@@H]1CNC(=O)OCC1c2ccccc2-c2ccccc21. The minimum atomic E-state index is -1.01. The summed E-state index contributed by atoms with van der Waals surface area (Å²) in [6, 6.07) is 16.3. The number of aliphatic carboxylic acids is 1. The third kappa shape index (κ3) is 4.61. The summed E-state index contributed by atoms with van der Waals surface area (Å²) in [7, 11) is 0. The summed E-state index contributed by atoms with van der Waals surface area (Å²) in [5.41, 5.74) is 4.66. The third-order valence-corrected chi connectivity index (χ3v) is 6.22. The first-order valence-electron chi connectivity index (χ1n) is 11.1. The van der Waals surface area contributed by atoms with Crippen molar-refractivity contribution in [3.8, 4) is 11.1 Å². The van der Waals surface area contributed by atoms with Gasteiger partial charge in [-0.25, -0.2) is 4.79 Å². The average Bonchev–Trinajstić information content (AvgIpc) is 3.50. The van der Waals surface area contributed by atoms with E-state index in [9.17, 15) is 14.4 Å². The number of carboxylic acid groups (broad SMARTS) is 1. The van der Waals surface area contributed by atoms with Crippen LogP contribution >= 0.6 is 0 Å². The first kappa shape index (κ1) is 21.9. The highest BCUT2D eigenvalue weighted by atomic mass is 16.5. The monoisotopic (exact) mass is 436 g/mol. The maximum atomic E-state index is 12.5. The molecule has 2 aromatic carbocycles. The molecule has 0 saturated heterocycles. The summed E-state index contributed by atoms with van der Waals surface area (Å²) >= 11 is 0. The molecule has 0 aromatic heterocycles. The van der Waals surface area contributed by atoms with Gasteiger partial charge in [-0.15, -0.1) is 0 Å². The Morgan fingerprint density at radius 1 is 1.06 bits per heavy atom. The number of alkyl carbamates (subject to hydrolysis) is 1. The van der Waals surface area contributed by atoms with Gasteiger partial charge in [0.25, 0.3) is 0 Å². The van der Waals surface area contributed by atoms with Gasteiger partial charge >= 0.3 is 12.1 Å². The highest BCUT2D eigenvalue weighted by molar-refractivity contribution is 5.85. The fourth-order valence-electron chi connectivity index (χ4n) is 4.57. The lowest BCUT2D eigenvalue weighted by Crippen LogP contribution is -2.38. The van der Waals surface area contributed by atoms with E-state index in [1.165, 1.54) is 16.0 Å². The number of amides is 2. The van der Waals surface area contributed by atoms with Crippen molar-refractivity contribution in [2.75, 3.05) is 26.2 Å². The van der Waals surface area contributed by atoms with Crippen molar-refractivity contribution >= 4 is 18.0 Å². The Labute approximate surface area is 187 Å². The van der Waals surface area contributed by atoms with Gasteiger partial charge in [-0.05, 0) is 41.0 Å². The molecule has 2 aliphatic carbocycles. The first-order valence-corrected chi connectivity index (χ1v) is 11.1. The molecule has 2 aliphatic rings. The maximum Gasteiger partial charge on any atom is 0.407 e. The third-order valence-electron chi connectivity index (χ3n) is 6.22. The summed E-state index contributed by atoms with van der Waals surface area (Å²) < 4.78 is 5.53. The molecule has 0 heterocycles. The fourth-order valence-corrected chi connectivity index (χ4v) is 4.57. The van der Waals surface area contributed by atoms with Gasteiger partial charge in [0.2, 0.25) is 5.91 Å². The lowest BCUT2D eigenvalue weighted by molar-refractivity contribution is -0.145. The van der Waals surface area contributed by atoms with Crippen LogP contribution in [-0.2, 0) is 14.3 Å². The quantitative estimate of drug-likeness (QED) is 0.627. The van der Waals surface area contributed by atoms with Crippen molar-refractivity contribution in [1.29, 1.82) is 0 Å². The fraction of sp³-hybridized carbons (Fsp3) is 0.400. The van der Waals surface area contributed by atoms with Crippen LogP contribution in [0.5, 0.6) is 0 Å². The van der Waals surface area contributed by atoms with E-state index in [2.05, 4.69) is 29.6 Å². The number of nitrogens with zero attached hydrogens (tertiary/aromatic N) is 1. The number of carbonyl (C=O) groups is 3. The maximum absolute atomic E-state index is 12.5. The largest absolute Gasteiger partial charge is 0.480 e. The molecule has 0 aliphatic heterocycles. The molecule has 168 valence electrons. The Kier molecular flexibility index (Phi) is 6.44. The second-order valence-corrected chi connectivity index (χ2v) is 8.46. The van der Waals surface area contributed by atoms with Crippen LogP contribution in [0.15, 0.2) is 48.5 Å². The zero-order chi connectivity index (χ0) is 22.7. The summed E-state index contributed by atoms with van der Waals surface area (Å²) in [6.45, 7) is 2.64. The predicted molar refractivity (Wildman–Crippen MR) is 119 cm³/mol. The summed E-state index contributed by atoms with van der Waals surface area (Å²) in [5, 5.41) is 11.8. The molecule has 2 N–H and O–H groups in total. The van der Waals surface area contributed by atoms with Gasteiger partial charge in [0.15, 0.2) is 0 Å². The number of rotatable bonds is 9.